The number of nitrogens with zero attached hydrogens (tertiary/aromatic N) is 1. The Balaban J connectivity index is 1.83. The van der Waals surface area contributed by atoms with Crippen molar-refractivity contribution in [3.05, 3.63) is 29.3 Å². The van der Waals surface area contributed by atoms with Crippen molar-refractivity contribution in [1.29, 1.82) is 0 Å². The van der Waals surface area contributed by atoms with E-state index in [9.17, 15) is 4.79 Å². The first-order valence-electron chi connectivity index (χ1n) is 7.43. The zero-order chi connectivity index (χ0) is 14.1. The monoisotopic (exact) mass is 274 g/mol. The molecule has 2 aliphatic heterocycles. The number of amides is 1. The van der Waals surface area contributed by atoms with Crippen LogP contribution >= 0.6 is 0 Å². The Kier molecular flexibility index (Phi) is 3.76. The van der Waals surface area contributed by atoms with E-state index in [0.29, 0.717) is 6.42 Å². The molecule has 108 valence electrons. The number of anilines is 1. The summed E-state index contributed by atoms with van der Waals surface area (Å²) in [7, 11) is 1.84. The Labute approximate surface area is 119 Å². The summed E-state index contributed by atoms with van der Waals surface area (Å²) in [6.07, 6.45) is 4.90. The van der Waals surface area contributed by atoms with Gasteiger partial charge in [0.2, 0.25) is 5.91 Å². The number of hydrogen-bond donors (Lipinski definition) is 1. The van der Waals surface area contributed by atoms with Gasteiger partial charge in [-0.3, -0.25) is 4.79 Å². The lowest BCUT2D eigenvalue weighted by Crippen LogP contribution is -2.33. The van der Waals surface area contributed by atoms with Crippen LogP contribution in [-0.2, 0) is 16.0 Å². The van der Waals surface area contributed by atoms with Gasteiger partial charge >= 0.3 is 0 Å². The van der Waals surface area contributed by atoms with Crippen LogP contribution in [0.2, 0.25) is 0 Å². The van der Waals surface area contributed by atoms with E-state index >= 15 is 0 Å². The van der Waals surface area contributed by atoms with E-state index in [0.717, 1.165) is 37.1 Å². The van der Waals surface area contributed by atoms with Crippen LogP contribution in [0.3, 0.4) is 0 Å². The topological polar surface area (TPSA) is 55.6 Å². The van der Waals surface area contributed by atoms with Crippen LogP contribution in [0.4, 0.5) is 5.69 Å². The molecule has 0 spiro atoms. The molecule has 4 nitrogen and oxygen atoms in total. The van der Waals surface area contributed by atoms with Gasteiger partial charge in [0, 0.05) is 25.8 Å². The highest BCUT2D eigenvalue weighted by molar-refractivity contribution is 5.95. The molecule has 2 aliphatic rings. The molecule has 2 heterocycles. The standard InChI is InChI=1S/C16H22N2O2/c1-18-13-7-5-12(10-11(13)6-8-15(18)19)16(17)14-4-2-3-9-20-14/h5,7,10,14,16H,2-4,6,8-9,17H2,1H3. The number of ether oxygens (including phenoxy) is 1. The minimum atomic E-state index is -0.0662. The first-order chi connectivity index (χ1) is 9.66. The molecule has 0 aliphatic carbocycles. The van der Waals surface area contributed by atoms with Crippen LogP contribution in [0.5, 0.6) is 0 Å². The maximum absolute atomic E-state index is 11.7. The van der Waals surface area contributed by atoms with E-state index < -0.39 is 0 Å². The average Bonchev–Trinajstić information content (AvgIpc) is 2.51. The Bertz CT molecular complexity index is 509. The smallest absolute Gasteiger partial charge is 0.227 e. The summed E-state index contributed by atoms with van der Waals surface area (Å²) < 4.78 is 5.79. The maximum atomic E-state index is 11.7. The summed E-state index contributed by atoms with van der Waals surface area (Å²) in [4.78, 5) is 13.4. The number of benzene rings is 1. The van der Waals surface area contributed by atoms with Gasteiger partial charge in [-0.25, -0.2) is 0 Å². The van der Waals surface area contributed by atoms with Crippen molar-refractivity contribution in [2.24, 2.45) is 5.73 Å². The molecule has 1 saturated heterocycles. The summed E-state index contributed by atoms with van der Waals surface area (Å²) in [5.41, 5.74) is 9.72. The molecule has 2 atom stereocenters. The third kappa shape index (κ3) is 2.45. The highest BCUT2D eigenvalue weighted by Crippen LogP contribution is 2.31. The zero-order valence-corrected chi connectivity index (χ0v) is 12.0. The van der Waals surface area contributed by atoms with Gasteiger partial charge in [-0.15, -0.1) is 0 Å². The van der Waals surface area contributed by atoms with Crippen molar-refractivity contribution in [3.8, 4) is 0 Å². The molecule has 1 fully saturated rings. The van der Waals surface area contributed by atoms with Crippen molar-refractivity contribution in [2.45, 2.75) is 44.2 Å². The molecular weight excluding hydrogens is 252 g/mol. The number of carbonyl (C=O) groups excluding carboxylic acids is 1. The third-order valence-electron chi connectivity index (χ3n) is 4.45. The highest BCUT2D eigenvalue weighted by atomic mass is 16.5. The number of rotatable bonds is 2. The molecular formula is C16H22N2O2. The highest BCUT2D eigenvalue weighted by Gasteiger charge is 2.25. The van der Waals surface area contributed by atoms with Gasteiger partial charge in [0.05, 0.1) is 12.1 Å². The lowest BCUT2D eigenvalue weighted by molar-refractivity contribution is -0.118. The summed E-state index contributed by atoms with van der Waals surface area (Å²) in [5.74, 6) is 0.185. The first kappa shape index (κ1) is 13.6. The zero-order valence-electron chi connectivity index (χ0n) is 12.0. The van der Waals surface area contributed by atoms with Crippen LogP contribution < -0.4 is 10.6 Å². The van der Waals surface area contributed by atoms with Crippen LogP contribution in [0.25, 0.3) is 0 Å². The summed E-state index contributed by atoms with van der Waals surface area (Å²) in [6, 6.07) is 6.14. The Morgan fingerprint density at radius 2 is 2.20 bits per heavy atom. The molecule has 0 radical (unpaired) electrons. The van der Waals surface area contributed by atoms with Crippen LogP contribution in [-0.4, -0.2) is 25.7 Å². The van der Waals surface area contributed by atoms with E-state index in [1.165, 1.54) is 12.0 Å². The molecule has 0 aromatic heterocycles. The molecule has 0 bridgehead atoms. The fourth-order valence-electron chi connectivity index (χ4n) is 3.15. The second kappa shape index (κ2) is 5.54. The average molecular weight is 274 g/mol. The molecule has 20 heavy (non-hydrogen) atoms. The van der Waals surface area contributed by atoms with Crippen molar-refractivity contribution < 1.29 is 9.53 Å². The van der Waals surface area contributed by atoms with E-state index in [4.69, 9.17) is 10.5 Å². The summed E-state index contributed by atoms with van der Waals surface area (Å²) >= 11 is 0. The van der Waals surface area contributed by atoms with Gasteiger partial charge in [0.15, 0.2) is 0 Å². The first-order valence-corrected chi connectivity index (χ1v) is 7.43. The number of carbonyl (C=O) groups is 1. The van der Waals surface area contributed by atoms with Gasteiger partial charge in [-0.2, -0.15) is 0 Å². The molecule has 1 aromatic rings. The lowest BCUT2D eigenvalue weighted by atomic mass is 9.92. The van der Waals surface area contributed by atoms with Gasteiger partial charge in [-0.05, 0) is 42.9 Å². The summed E-state index contributed by atoms with van der Waals surface area (Å²) in [6.45, 7) is 0.820. The Hall–Kier alpha value is -1.39. The van der Waals surface area contributed by atoms with E-state index in [2.05, 4.69) is 6.07 Å². The number of aryl methyl sites for hydroxylation is 1. The molecule has 0 saturated carbocycles. The van der Waals surface area contributed by atoms with E-state index in [-0.39, 0.29) is 18.1 Å². The van der Waals surface area contributed by atoms with Crippen molar-refractivity contribution in [1.82, 2.24) is 0 Å². The van der Waals surface area contributed by atoms with E-state index in [1.54, 1.807) is 4.90 Å². The van der Waals surface area contributed by atoms with Crippen LogP contribution in [0.15, 0.2) is 18.2 Å². The minimum Gasteiger partial charge on any atom is -0.376 e. The largest absolute Gasteiger partial charge is 0.376 e. The third-order valence-corrected chi connectivity index (χ3v) is 4.45. The van der Waals surface area contributed by atoms with Crippen molar-refractivity contribution >= 4 is 11.6 Å². The van der Waals surface area contributed by atoms with Crippen LogP contribution in [0, 0.1) is 0 Å². The molecule has 4 heteroatoms. The van der Waals surface area contributed by atoms with Crippen molar-refractivity contribution in [2.75, 3.05) is 18.6 Å². The van der Waals surface area contributed by atoms with Crippen LogP contribution in [0.1, 0.15) is 42.9 Å². The second-order valence-electron chi connectivity index (χ2n) is 5.77. The lowest BCUT2D eigenvalue weighted by Gasteiger charge is -2.30. The predicted molar refractivity (Wildman–Crippen MR) is 78.7 cm³/mol. The normalized spacial score (nSPS) is 24.4. The quantitative estimate of drug-likeness (QED) is 0.899. The molecule has 1 amide bonds. The molecule has 3 rings (SSSR count). The van der Waals surface area contributed by atoms with Crippen molar-refractivity contribution in [3.63, 3.8) is 0 Å². The fourth-order valence-corrected chi connectivity index (χ4v) is 3.15. The van der Waals surface area contributed by atoms with Gasteiger partial charge in [0.25, 0.3) is 0 Å². The predicted octanol–water partition coefficient (Wildman–Crippen LogP) is 2.16. The van der Waals surface area contributed by atoms with E-state index in [1.807, 2.05) is 19.2 Å². The molecule has 2 unspecified atom stereocenters. The second-order valence-corrected chi connectivity index (χ2v) is 5.77. The minimum absolute atomic E-state index is 0.0662. The van der Waals surface area contributed by atoms with Gasteiger partial charge in [0.1, 0.15) is 0 Å². The SMILES string of the molecule is CN1C(=O)CCc2cc(C(N)C3CCCCO3)ccc21. The number of fused-ring (bicyclic) bond motifs is 1. The molecule has 1 aromatic carbocycles. The number of nitrogens with two attached hydrogens (primary N) is 1. The van der Waals surface area contributed by atoms with Gasteiger partial charge in [-0.1, -0.05) is 12.1 Å². The van der Waals surface area contributed by atoms with Gasteiger partial charge < -0.3 is 15.4 Å². The Morgan fingerprint density at radius 3 is 2.95 bits per heavy atom. The summed E-state index contributed by atoms with van der Waals surface area (Å²) in [5, 5.41) is 0. The fraction of sp³-hybridized carbons (Fsp3) is 0.562. The maximum Gasteiger partial charge on any atom is 0.227 e. The molecule has 2 N–H and O–H groups in total. The number of hydrogen-bond acceptors (Lipinski definition) is 3. The Morgan fingerprint density at radius 1 is 1.35 bits per heavy atom.